The predicted molar refractivity (Wildman–Crippen MR) is 63.7 cm³/mol. The number of carbonyl (C=O) groups excluding carboxylic acids is 1. The summed E-state index contributed by atoms with van der Waals surface area (Å²) in [5.74, 6) is -0.491. The molecule has 0 spiro atoms. The van der Waals surface area contributed by atoms with Crippen LogP contribution in [0, 0.1) is 0 Å². The van der Waals surface area contributed by atoms with Gasteiger partial charge in [0.1, 0.15) is 6.04 Å². The zero-order chi connectivity index (χ0) is 12.4. The minimum atomic E-state index is -0.978. The van der Waals surface area contributed by atoms with Gasteiger partial charge in [-0.1, -0.05) is 0 Å². The van der Waals surface area contributed by atoms with Crippen LogP contribution in [0.25, 0.3) is 0 Å². The average Bonchev–Trinajstić information content (AvgIpc) is 2.24. The molecule has 0 saturated heterocycles. The highest BCUT2D eigenvalue weighted by Crippen LogP contribution is 2.02. The molecule has 0 aliphatic rings. The Morgan fingerprint density at radius 3 is 2.69 bits per heavy atom. The molecule has 16 heavy (non-hydrogen) atoms. The van der Waals surface area contributed by atoms with E-state index in [1.807, 2.05) is 6.26 Å². The van der Waals surface area contributed by atoms with Crippen molar-refractivity contribution in [1.29, 1.82) is 0 Å². The summed E-state index contributed by atoms with van der Waals surface area (Å²) in [6, 6.07) is -0.775. The van der Waals surface area contributed by atoms with Crippen LogP contribution < -0.4 is 5.32 Å². The van der Waals surface area contributed by atoms with Gasteiger partial charge < -0.3 is 15.2 Å². The van der Waals surface area contributed by atoms with Crippen molar-refractivity contribution in [3.05, 3.63) is 0 Å². The largest absolute Gasteiger partial charge is 0.480 e. The van der Waals surface area contributed by atoms with Crippen molar-refractivity contribution in [1.82, 2.24) is 5.32 Å². The Balaban J connectivity index is 3.88. The second-order valence-electron chi connectivity index (χ2n) is 3.34. The SMILES string of the molecule is COCCCC(=O)N[C@H](CCSC)C(=O)O. The summed E-state index contributed by atoms with van der Waals surface area (Å²) >= 11 is 1.56. The van der Waals surface area contributed by atoms with Crippen LogP contribution in [0.1, 0.15) is 19.3 Å². The quantitative estimate of drug-likeness (QED) is 0.589. The molecule has 0 unspecified atom stereocenters. The van der Waals surface area contributed by atoms with Crippen LogP contribution in [0.4, 0.5) is 0 Å². The fourth-order valence-corrected chi connectivity index (χ4v) is 1.61. The third-order valence-corrected chi connectivity index (χ3v) is 2.64. The average molecular weight is 249 g/mol. The number of ether oxygens (including phenoxy) is 1. The molecule has 2 N–H and O–H groups in total. The van der Waals surface area contributed by atoms with E-state index in [9.17, 15) is 9.59 Å². The lowest BCUT2D eigenvalue weighted by atomic mass is 10.2. The minimum absolute atomic E-state index is 0.231. The van der Waals surface area contributed by atoms with Crippen molar-refractivity contribution in [2.24, 2.45) is 0 Å². The fraction of sp³-hybridized carbons (Fsp3) is 0.800. The van der Waals surface area contributed by atoms with Gasteiger partial charge in [0.2, 0.25) is 5.91 Å². The smallest absolute Gasteiger partial charge is 0.326 e. The van der Waals surface area contributed by atoms with E-state index in [1.54, 1.807) is 18.9 Å². The lowest BCUT2D eigenvalue weighted by Gasteiger charge is -2.13. The van der Waals surface area contributed by atoms with Gasteiger partial charge in [-0.3, -0.25) is 4.79 Å². The van der Waals surface area contributed by atoms with E-state index in [0.717, 1.165) is 5.75 Å². The molecule has 94 valence electrons. The normalized spacial score (nSPS) is 12.1. The summed E-state index contributed by atoms with van der Waals surface area (Å²) in [7, 11) is 1.57. The highest BCUT2D eigenvalue weighted by atomic mass is 32.2. The number of carboxylic acids is 1. The number of rotatable bonds is 9. The van der Waals surface area contributed by atoms with Gasteiger partial charge in [0.05, 0.1) is 0 Å². The molecule has 0 aliphatic heterocycles. The fourth-order valence-electron chi connectivity index (χ4n) is 1.14. The van der Waals surface area contributed by atoms with Crippen LogP contribution in [-0.2, 0) is 14.3 Å². The van der Waals surface area contributed by atoms with Crippen molar-refractivity contribution in [2.75, 3.05) is 25.7 Å². The molecule has 1 atom stereocenters. The summed E-state index contributed by atoms with van der Waals surface area (Å²) in [4.78, 5) is 22.2. The van der Waals surface area contributed by atoms with Gasteiger partial charge in [-0.05, 0) is 24.9 Å². The van der Waals surface area contributed by atoms with Crippen molar-refractivity contribution >= 4 is 23.6 Å². The van der Waals surface area contributed by atoms with E-state index in [-0.39, 0.29) is 5.91 Å². The number of amides is 1. The minimum Gasteiger partial charge on any atom is -0.480 e. The number of methoxy groups -OCH3 is 1. The van der Waals surface area contributed by atoms with E-state index in [1.165, 1.54) is 0 Å². The van der Waals surface area contributed by atoms with Gasteiger partial charge in [0, 0.05) is 20.1 Å². The topological polar surface area (TPSA) is 75.6 Å². The van der Waals surface area contributed by atoms with Crippen molar-refractivity contribution < 1.29 is 19.4 Å². The van der Waals surface area contributed by atoms with Gasteiger partial charge in [-0.25, -0.2) is 4.79 Å². The number of carbonyl (C=O) groups is 2. The third-order valence-electron chi connectivity index (χ3n) is 2.00. The van der Waals surface area contributed by atoms with Gasteiger partial charge >= 0.3 is 5.97 Å². The third kappa shape index (κ3) is 7.53. The summed E-state index contributed by atoms with van der Waals surface area (Å²) in [5, 5.41) is 11.4. The molecule has 0 aromatic rings. The molecule has 1 amide bonds. The molecule has 0 bridgehead atoms. The van der Waals surface area contributed by atoms with Gasteiger partial charge in [-0.15, -0.1) is 0 Å². The van der Waals surface area contributed by atoms with Gasteiger partial charge in [-0.2, -0.15) is 11.8 Å². The highest BCUT2D eigenvalue weighted by Gasteiger charge is 2.18. The zero-order valence-corrected chi connectivity index (χ0v) is 10.5. The first-order chi connectivity index (χ1) is 7.61. The Morgan fingerprint density at radius 1 is 1.50 bits per heavy atom. The molecule has 6 heteroatoms. The Hall–Kier alpha value is -0.750. The van der Waals surface area contributed by atoms with Gasteiger partial charge in [0.15, 0.2) is 0 Å². The summed E-state index contributed by atoms with van der Waals surface area (Å²) in [5.41, 5.74) is 0. The van der Waals surface area contributed by atoms with E-state index < -0.39 is 12.0 Å². The van der Waals surface area contributed by atoms with E-state index in [0.29, 0.717) is 25.9 Å². The van der Waals surface area contributed by atoms with Crippen LogP contribution in [0.3, 0.4) is 0 Å². The van der Waals surface area contributed by atoms with E-state index in [4.69, 9.17) is 9.84 Å². The maximum absolute atomic E-state index is 11.4. The van der Waals surface area contributed by atoms with Crippen LogP contribution in [0.2, 0.25) is 0 Å². The second kappa shape index (κ2) is 9.47. The molecule has 5 nitrogen and oxygen atoms in total. The molecule has 0 aromatic heterocycles. The molecule has 0 rings (SSSR count). The van der Waals surface area contributed by atoms with E-state index in [2.05, 4.69) is 5.32 Å². The Morgan fingerprint density at radius 2 is 2.19 bits per heavy atom. The van der Waals surface area contributed by atoms with Crippen LogP contribution in [0.15, 0.2) is 0 Å². The number of carboxylic acid groups (broad SMARTS) is 1. The summed E-state index contributed by atoms with van der Waals surface area (Å²) < 4.78 is 4.81. The van der Waals surface area contributed by atoms with Crippen molar-refractivity contribution in [3.63, 3.8) is 0 Å². The molecule has 0 aliphatic carbocycles. The maximum atomic E-state index is 11.4. The summed E-state index contributed by atoms with van der Waals surface area (Å²) in [6.45, 7) is 0.510. The standard InChI is InChI=1S/C10H19NO4S/c1-15-6-3-4-9(12)11-8(10(13)14)5-7-16-2/h8H,3-7H2,1-2H3,(H,11,12)(H,13,14)/t8-/m1/s1. The predicted octanol–water partition coefficient (Wildman–Crippen LogP) is 0.735. The zero-order valence-electron chi connectivity index (χ0n) is 9.69. The number of thioether (sulfide) groups is 1. The first kappa shape index (κ1) is 15.2. The Kier molecular flexibility index (Phi) is 9.03. The van der Waals surface area contributed by atoms with E-state index >= 15 is 0 Å². The number of hydrogen-bond donors (Lipinski definition) is 2. The van der Waals surface area contributed by atoms with Gasteiger partial charge in [0.25, 0.3) is 0 Å². The number of nitrogens with one attached hydrogen (secondary N) is 1. The second-order valence-corrected chi connectivity index (χ2v) is 4.32. The van der Waals surface area contributed by atoms with Crippen LogP contribution in [0.5, 0.6) is 0 Å². The molecule has 0 aromatic carbocycles. The van der Waals surface area contributed by atoms with Crippen molar-refractivity contribution in [2.45, 2.75) is 25.3 Å². The molecular weight excluding hydrogens is 230 g/mol. The molecular formula is C10H19NO4S. The number of hydrogen-bond acceptors (Lipinski definition) is 4. The lowest BCUT2D eigenvalue weighted by Crippen LogP contribution is -2.41. The molecule has 0 saturated carbocycles. The number of aliphatic carboxylic acids is 1. The molecule has 0 radical (unpaired) electrons. The van der Waals surface area contributed by atoms with Crippen LogP contribution in [-0.4, -0.2) is 48.8 Å². The maximum Gasteiger partial charge on any atom is 0.326 e. The first-order valence-corrected chi connectivity index (χ1v) is 6.51. The summed E-state index contributed by atoms with van der Waals surface area (Å²) in [6.07, 6.45) is 3.26. The van der Waals surface area contributed by atoms with Crippen molar-refractivity contribution in [3.8, 4) is 0 Å². The molecule has 0 heterocycles. The lowest BCUT2D eigenvalue weighted by molar-refractivity contribution is -0.141. The monoisotopic (exact) mass is 249 g/mol. The Bertz CT molecular complexity index is 223. The van der Waals surface area contributed by atoms with Crippen LogP contribution >= 0.6 is 11.8 Å². The highest BCUT2D eigenvalue weighted by molar-refractivity contribution is 7.98. The molecule has 0 fully saturated rings. The first-order valence-electron chi connectivity index (χ1n) is 5.11. The Labute approximate surface area is 99.9 Å².